The minimum Gasteiger partial charge on any atom is -0.326 e. The van der Waals surface area contributed by atoms with Crippen LogP contribution in [0.5, 0.6) is 0 Å². The fourth-order valence-corrected chi connectivity index (χ4v) is 4.88. The summed E-state index contributed by atoms with van der Waals surface area (Å²) in [6.07, 6.45) is 6.17. The lowest BCUT2D eigenvalue weighted by molar-refractivity contribution is -0.116. The second kappa shape index (κ2) is 10.5. The molecule has 1 atom stereocenters. The zero-order valence-electron chi connectivity index (χ0n) is 17.3. The van der Waals surface area contributed by atoms with Gasteiger partial charge in [-0.25, -0.2) is 0 Å². The molecule has 2 aromatic carbocycles. The van der Waals surface area contributed by atoms with Crippen molar-refractivity contribution in [1.29, 1.82) is 0 Å². The quantitative estimate of drug-likeness (QED) is 0.510. The number of nitrogens with one attached hydrogen (secondary N) is 1. The Bertz CT molecular complexity index is 852. The molecule has 1 aliphatic heterocycles. The molecule has 0 aliphatic carbocycles. The number of aryl methyl sites for hydroxylation is 1. The second-order valence-electron chi connectivity index (χ2n) is 7.51. The summed E-state index contributed by atoms with van der Waals surface area (Å²) in [7, 11) is 0. The minimum absolute atomic E-state index is 0.0470. The van der Waals surface area contributed by atoms with Gasteiger partial charge in [-0.1, -0.05) is 69.0 Å². The maximum Gasteiger partial charge on any atom is 0.238 e. The molecule has 3 rings (SSSR count). The van der Waals surface area contributed by atoms with Gasteiger partial charge in [-0.2, -0.15) is 0 Å². The van der Waals surface area contributed by atoms with E-state index in [0.29, 0.717) is 12.2 Å². The zero-order chi connectivity index (χ0) is 20.6. The third-order valence-electron chi connectivity index (χ3n) is 5.25. The van der Waals surface area contributed by atoms with Gasteiger partial charge in [0.05, 0.1) is 5.75 Å². The lowest BCUT2D eigenvalue weighted by Gasteiger charge is -2.27. The Hall–Kier alpha value is -2.27. The van der Waals surface area contributed by atoms with Crippen molar-refractivity contribution in [3.63, 3.8) is 0 Å². The van der Waals surface area contributed by atoms with Crippen LogP contribution < -0.4 is 10.2 Å². The topological polar surface area (TPSA) is 49.4 Å². The van der Waals surface area contributed by atoms with Gasteiger partial charge in [0.1, 0.15) is 5.37 Å². The minimum atomic E-state index is -0.135. The van der Waals surface area contributed by atoms with Crippen LogP contribution in [0.4, 0.5) is 11.4 Å². The molecule has 2 amide bonds. The molecule has 4 nitrogen and oxygen atoms in total. The van der Waals surface area contributed by atoms with E-state index in [2.05, 4.69) is 12.2 Å². The second-order valence-corrected chi connectivity index (χ2v) is 8.58. The molecule has 1 unspecified atom stereocenters. The molecule has 2 aromatic rings. The molecule has 1 N–H and O–H groups in total. The standard InChI is InChI=1S/C24H30N2O2S/c1-3-4-5-6-7-16-22(27)25-20-14-10-9-13-19(20)24-26(23(28)17-29-24)21-15-11-8-12-18(21)2/h8-15,24H,3-7,16-17H2,1-2H3,(H,25,27). The molecule has 1 fully saturated rings. The first kappa shape index (κ1) is 21.4. The molecule has 29 heavy (non-hydrogen) atoms. The van der Waals surface area contributed by atoms with Crippen LogP contribution in [0.3, 0.4) is 0 Å². The van der Waals surface area contributed by atoms with E-state index in [1.807, 2.05) is 60.4 Å². The monoisotopic (exact) mass is 410 g/mol. The average molecular weight is 411 g/mol. The van der Waals surface area contributed by atoms with Crippen molar-refractivity contribution in [2.45, 2.75) is 57.7 Å². The molecule has 0 aromatic heterocycles. The normalized spacial score (nSPS) is 16.3. The molecule has 0 radical (unpaired) electrons. The van der Waals surface area contributed by atoms with Crippen LogP contribution in [0.2, 0.25) is 0 Å². The highest BCUT2D eigenvalue weighted by Crippen LogP contribution is 2.44. The number of rotatable bonds is 9. The lowest BCUT2D eigenvalue weighted by Crippen LogP contribution is -2.29. The van der Waals surface area contributed by atoms with E-state index in [1.165, 1.54) is 19.3 Å². The Morgan fingerprint density at radius 1 is 1.07 bits per heavy atom. The molecule has 0 spiro atoms. The predicted molar refractivity (Wildman–Crippen MR) is 122 cm³/mol. The van der Waals surface area contributed by atoms with Crippen LogP contribution >= 0.6 is 11.8 Å². The van der Waals surface area contributed by atoms with Crippen molar-refractivity contribution in [2.75, 3.05) is 16.0 Å². The van der Waals surface area contributed by atoms with E-state index >= 15 is 0 Å². The van der Waals surface area contributed by atoms with Gasteiger partial charge in [0.25, 0.3) is 0 Å². The van der Waals surface area contributed by atoms with Gasteiger partial charge < -0.3 is 5.32 Å². The Balaban J connectivity index is 1.75. The van der Waals surface area contributed by atoms with Crippen LogP contribution in [0, 0.1) is 6.92 Å². The summed E-state index contributed by atoms with van der Waals surface area (Å²) >= 11 is 1.61. The Morgan fingerprint density at radius 3 is 2.59 bits per heavy atom. The number of thioether (sulfide) groups is 1. The predicted octanol–water partition coefficient (Wildman–Crippen LogP) is 6.07. The summed E-state index contributed by atoms with van der Waals surface area (Å²) in [6.45, 7) is 4.21. The summed E-state index contributed by atoms with van der Waals surface area (Å²) in [5.74, 6) is 0.593. The molecule has 0 bridgehead atoms. The molecular formula is C24H30N2O2S. The highest BCUT2D eigenvalue weighted by Gasteiger charge is 2.36. The lowest BCUT2D eigenvalue weighted by atomic mass is 10.1. The van der Waals surface area contributed by atoms with Crippen molar-refractivity contribution in [3.8, 4) is 0 Å². The van der Waals surface area contributed by atoms with Gasteiger partial charge in [-0.15, -0.1) is 11.8 Å². The maximum atomic E-state index is 12.7. The number of para-hydroxylation sites is 2. The fraction of sp³-hybridized carbons (Fsp3) is 0.417. The smallest absolute Gasteiger partial charge is 0.238 e. The Labute approximate surface area is 178 Å². The molecule has 1 saturated heterocycles. The van der Waals surface area contributed by atoms with Gasteiger partial charge >= 0.3 is 0 Å². The van der Waals surface area contributed by atoms with Crippen LogP contribution in [0.15, 0.2) is 48.5 Å². The Morgan fingerprint density at radius 2 is 1.79 bits per heavy atom. The molecule has 0 saturated carbocycles. The molecule has 154 valence electrons. The number of anilines is 2. The van der Waals surface area contributed by atoms with Gasteiger partial charge in [0.2, 0.25) is 11.8 Å². The first-order valence-electron chi connectivity index (χ1n) is 10.5. The number of nitrogens with zero attached hydrogens (tertiary/aromatic N) is 1. The molecule has 5 heteroatoms. The highest BCUT2D eigenvalue weighted by atomic mass is 32.2. The van der Waals surface area contributed by atoms with Crippen LogP contribution in [-0.4, -0.2) is 17.6 Å². The van der Waals surface area contributed by atoms with Gasteiger partial charge in [0.15, 0.2) is 0 Å². The number of carbonyl (C=O) groups excluding carboxylic acids is 2. The number of benzene rings is 2. The van der Waals surface area contributed by atoms with Crippen molar-refractivity contribution in [3.05, 3.63) is 59.7 Å². The average Bonchev–Trinajstić information content (AvgIpc) is 3.10. The fourth-order valence-electron chi connectivity index (χ4n) is 3.68. The van der Waals surface area contributed by atoms with E-state index in [4.69, 9.17) is 0 Å². The van der Waals surface area contributed by atoms with Gasteiger partial charge in [-0.05, 0) is 31.0 Å². The summed E-state index contributed by atoms with van der Waals surface area (Å²) < 4.78 is 0. The number of carbonyl (C=O) groups is 2. The van der Waals surface area contributed by atoms with E-state index in [0.717, 1.165) is 35.3 Å². The number of unbranched alkanes of at least 4 members (excludes halogenated alkanes) is 4. The number of hydrogen-bond acceptors (Lipinski definition) is 3. The number of amides is 2. The largest absolute Gasteiger partial charge is 0.326 e. The molecular weight excluding hydrogens is 380 g/mol. The van der Waals surface area contributed by atoms with Crippen LogP contribution in [0.1, 0.15) is 61.9 Å². The van der Waals surface area contributed by atoms with Crippen LogP contribution in [-0.2, 0) is 9.59 Å². The summed E-state index contributed by atoms with van der Waals surface area (Å²) in [5, 5.41) is 2.95. The maximum absolute atomic E-state index is 12.7. The van der Waals surface area contributed by atoms with E-state index in [9.17, 15) is 9.59 Å². The van der Waals surface area contributed by atoms with E-state index in [-0.39, 0.29) is 17.2 Å². The Kier molecular flexibility index (Phi) is 7.76. The zero-order valence-corrected chi connectivity index (χ0v) is 18.1. The summed E-state index contributed by atoms with van der Waals surface area (Å²) in [5.41, 5.74) is 3.79. The molecule has 1 aliphatic rings. The van der Waals surface area contributed by atoms with Gasteiger partial charge in [-0.3, -0.25) is 14.5 Å². The first-order valence-corrected chi connectivity index (χ1v) is 11.5. The van der Waals surface area contributed by atoms with Crippen molar-refractivity contribution in [1.82, 2.24) is 0 Å². The number of hydrogen-bond donors (Lipinski definition) is 1. The van der Waals surface area contributed by atoms with Crippen molar-refractivity contribution >= 4 is 35.0 Å². The van der Waals surface area contributed by atoms with E-state index < -0.39 is 0 Å². The van der Waals surface area contributed by atoms with Gasteiger partial charge in [0, 0.05) is 23.4 Å². The molecule has 1 heterocycles. The summed E-state index contributed by atoms with van der Waals surface area (Å²) in [6, 6.07) is 15.8. The third-order valence-corrected chi connectivity index (χ3v) is 6.45. The summed E-state index contributed by atoms with van der Waals surface area (Å²) in [4.78, 5) is 27.0. The van der Waals surface area contributed by atoms with Crippen molar-refractivity contribution in [2.24, 2.45) is 0 Å². The third kappa shape index (κ3) is 5.41. The van der Waals surface area contributed by atoms with Crippen molar-refractivity contribution < 1.29 is 9.59 Å². The SMILES string of the molecule is CCCCCCCC(=O)Nc1ccccc1C1SCC(=O)N1c1ccccc1C. The highest BCUT2D eigenvalue weighted by molar-refractivity contribution is 8.00. The first-order chi connectivity index (χ1) is 14.1. The van der Waals surface area contributed by atoms with Crippen LogP contribution in [0.25, 0.3) is 0 Å². The van der Waals surface area contributed by atoms with E-state index in [1.54, 1.807) is 11.8 Å².